The number of rotatable bonds is 5. The maximum atomic E-state index is 13.8. The van der Waals surface area contributed by atoms with Crippen LogP contribution in [0.25, 0.3) is 0 Å². The summed E-state index contributed by atoms with van der Waals surface area (Å²) in [5, 5.41) is 0. The van der Waals surface area contributed by atoms with Gasteiger partial charge in [-0.15, -0.1) is 0 Å². The van der Waals surface area contributed by atoms with Crippen molar-refractivity contribution in [2.75, 3.05) is 6.61 Å². The molecular formula is C29H41NO8. The number of benzene rings is 1. The Morgan fingerprint density at radius 2 is 1.47 bits per heavy atom. The molecule has 2 amide bonds. The number of esters is 2. The Kier molecular flexibility index (Phi) is 8.32. The van der Waals surface area contributed by atoms with Crippen LogP contribution in [-0.2, 0) is 33.3 Å². The van der Waals surface area contributed by atoms with E-state index in [9.17, 15) is 19.2 Å². The van der Waals surface area contributed by atoms with E-state index in [2.05, 4.69) is 0 Å². The van der Waals surface area contributed by atoms with E-state index >= 15 is 0 Å². The van der Waals surface area contributed by atoms with Crippen LogP contribution in [0, 0.1) is 16.2 Å². The Hall–Kier alpha value is -2.94. The predicted octanol–water partition coefficient (Wildman–Crippen LogP) is 4.83. The zero-order valence-corrected chi connectivity index (χ0v) is 23.9. The molecule has 0 saturated carbocycles. The first-order valence-corrected chi connectivity index (χ1v) is 13.0. The Labute approximate surface area is 225 Å². The summed E-state index contributed by atoms with van der Waals surface area (Å²) in [6.45, 7) is 16.1. The van der Waals surface area contributed by atoms with Crippen LogP contribution in [-0.4, -0.2) is 60.0 Å². The molecule has 2 heterocycles. The predicted molar refractivity (Wildman–Crippen MR) is 139 cm³/mol. The van der Waals surface area contributed by atoms with Crippen LogP contribution in [0.2, 0.25) is 0 Å². The first-order valence-electron chi connectivity index (χ1n) is 13.0. The summed E-state index contributed by atoms with van der Waals surface area (Å²) in [4.78, 5) is 53.5. The Morgan fingerprint density at radius 3 is 2.00 bits per heavy atom. The van der Waals surface area contributed by atoms with Crippen molar-refractivity contribution in [3.8, 4) is 0 Å². The average Bonchev–Trinajstić information content (AvgIpc) is 3.13. The van der Waals surface area contributed by atoms with Gasteiger partial charge in [0.2, 0.25) is 12.2 Å². The third-order valence-electron chi connectivity index (χ3n) is 6.74. The highest BCUT2D eigenvalue weighted by Gasteiger charge is 2.58. The summed E-state index contributed by atoms with van der Waals surface area (Å²) in [5.74, 6) is -1.79. The van der Waals surface area contributed by atoms with Crippen LogP contribution in [0.1, 0.15) is 80.2 Å². The van der Waals surface area contributed by atoms with Crippen LogP contribution in [0.3, 0.4) is 0 Å². The zero-order chi connectivity index (χ0) is 28.6. The van der Waals surface area contributed by atoms with Gasteiger partial charge in [0.1, 0.15) is 6.04 Å². The van der Waals surface area contributed by atoms with Crippen molar-refractivity contribution in [1.82, 2.24) is 4.90 Å². The highest BCUT2D eigenvalue weighted by molar-refractivity contribution is 5.94. The maximum Gasteiger partial charge on any atom is 0.419 e. The number of hydrogen-bond donors (Lipinski definition) is 0. The Morgan fingerprint density at radius 1 is 0.921 bits per heavy atom. The lowest BCUT2D eigenvalue weighted by Gasteiger charge is -2.40. The van der Waals surface area contributed by atoms with Crippen molar-refractivity contribution in [2.45, 2.75) is 99.2 Å². The molecule has 3 rings (SSSR count). The second-order valence-electron chi connectivity index (χ2n) is 13.2. The van der Waals surface area contributed by atoms with Gasteiger partial charge in [-0.2, -0.15) is 0 Å². The molecule has 9 heteroatoms. The summed E-state index contributed by atoms with van der Waals surface area (Å²) in [6, 6.07) is 8.51. The standard InChI is InChI=1S/C29H41NO8/c1-27(2,3)18(17-13-11-10-12-14-17)15-20(31)30-21-22(37-25(33)29(7,8)9)19(36-24(32)28(4,5)6)16-35-23(21)38-26(30)34/h10-14,18-19,21-23H,15-16H2,1-9H3/t18-,19+,21-,22+,23-/m0/s1. The minimum Gasteiger partial charge on any atom is -0.455 e. The lowest BCUT2D eigenvalue weighted by atomic mass is 9.74. The Bertz CT molecular complexity index is 1050. The Balaban J connectivity index is 1.96. The summed E-state index contributed by atoms with van der Waals surface area (Å²) in [6.07, 6.45) is -4.22. The minimum atomic E-state index is -1.16. The molecule has 9 nitrogen and oxygen atoms in total. The van der Waals surface area contributed by atoms with E-state index in [0.29, 0.717) is 0 Å². The lowest BCUT2D eigenvalue weighted by molar-refractivity contribution is -0.227. The number of imide groups is 1. The summed E-state index contributed by atoms with van der Waals surface area (Å²) >= 11 is 0. The van der Waals surface area contributed by atoms with Gasteiger partial charge >= 0.3 is 18.0 Å². The summed E-state index contributed by atoms with van der Waals surface area (Å²) in [7, 11) is 0. The first kappa shape index (κ1) is 29.6. The highest BCUT2D eigenvalue weighted by Crippen LogP contribution is 2.40. The maximum absolute atomic E-state index is 13.8. The molecule has 0 radical (unpaired) electrons. The van der Waals surface area contributed by atoms with Gasteiger partial charge in [-0.3, -0.25) is 14.4 Å². The number of hydrogen-bond acceptors (Lipinski definition) is 8. The molecule has 2 aliphatic rings. The number of carbonyl (C=O) groups is 4. The lowest BCUT2D eigenvalue weighted by Crippen LogP contribution is -2.61. The minimum absolute atomic E-state index is 0.0121. The van der Waals surface area contributed by atoms with E-state index in [1.54, 1.807) is 41.5 Å². The van der Waals surface area contributed by atoms with Crippen LogP contribution < -0.4 is 0 Å². The third kappa shape index (κ3) is 6.54. The molecule has 1 aromatic rings. The van der Waals surface area contributed by atoms with E-state index in [-0.39, 0.29) is 24.4 Å². The molecule has 0 spiro atoms. The van der Waals surface area contributed by atoms with Crippen LogP contribution in [0.4, 0.5) is 4.79 Å². The molecule has 2 fully saturated rings. The van der Waals surface area contributed by atoms with Crippen LogP contribution in [0.5, 0.6) is 0 Å². The van der Waals surface area contributed by atoms with Gasteiger partial charge in [-0.1, -0.05) is 51.1 Å². The average molecular weight is 532 g/mol. The summed E-state index contributed by atoms with van der Waals surface area (Å²) < 4.78 is 22.7. The highest BCUT2D eigenvalue weighted by atomic mass is 16.7. The van der Waals surface area contributed by atoms with E-state index in [1.165, 1.54) is 0 Å². The molecule has 5 atom stereocenters. The molecule has 0 unspecified atom stereocenters. The fourth-order valence-corrected chi connectivity index (χ4v) is 4.42. The number of fused-ring (bicyclic) bond motifs is 1. The van der Waals surface area contributed by atoms with Gasteiger partial charge in [-0.05, 0) is 58.4 Å². The molecule has 0 N–H and O–H groups in total. The molecule has 1 aromatic carbocycles. The smallest absolute Gasteiger partial charge is 0.419 e. The van der Waals surface area contributed by atoms with Crippen LogP contribution in [0.15, 0.2) is 30.3 Å². The van der Waals surface area contributed by atoms with Gasteiger partial charge < -0.3 is 18.9 Å². The van der Waals surface area contributed by atoms with E-state index < -0.39 is 59.3 Å². The summed E-state index contributed by atoms with van der Waals surface area (Å²) in [5.41, 5.74) is -1.05. The van der Waals surface area contributed by atoms with Crippen LogP contribution >= 0.6 is 0 Å². The number of carbonyl (C=O) groups excluding carboxylic acids is 4. The number of nitrogens with zero attached hydrogens (tertiary/aromatic N) is 1. The van der Waals surface area contributed by atoms with Crippen molar-refractivity contribution in [3.05, 3.63) is 35.9 Å². The van der Waals surface area contributed by atoms with Crippen molar-refractivity contribution in [3.63, 3.8) is 0 Å². The fraction of sp³-hybridized carbons (Fsp3) is 0.655. The third-order valence-corrected chi connectivity index (χ3v) is 6.74. The number of amides is 2. The van der Waals surface area contributed by atoms with Crippen molar-refractivity contribution >= 4 is 23.9 Å². The van der Waals surface area contributed by atoms with Crippen molar-refractivity contribution < 1.29 is 38.1 Å². The van der Waals surface area contributed by atoms with Gasteiger partial charge in [0.15, 0.2) is 12.2 Å². The fourth-order valence-electron chi connectivity index (χ4n) is 4.42. The molecule has 0 aromatic heterocycles. The molecule has 38 heavy (non-hydrogen) atoms. The second kappa shape index (κ2) is 10.7. The van der Waals surface area contributed by atoms with Gasteiger partial charge in [0.05, 0.1) is 17.4 Å². The van der Waals surface area contributed by atoms with Gasteiger partial charge in [0, 0.05) is 6.42 Å². The normalized spacial score (nSPS) is 24.8. The second-order valence-corrected chi connectivity index (χ2v) is 13.2. The quantitative estimate of drug-likeness (QED) is 0.393. The molecule has 0 bridgehead atoms. The zero-order valence-electron chi connectivity index (χ0n) is 23.9. The number of ether oxygens (including phenoxy) is 4. The largest absolute Gasteiger partial charge is 0.455 e. The molecule has 210 valence electrons. The molecule has 2 aliphatic heterocycles. The molecule has 2 saturated heterocycles. The van der Waals surface area contributed by atoms with Gasteiger partial charge in [0.25, 0.3) is 0 Å². The topological polar surface area (TPSA) is 108 Å². The SMILES string of the molecule is CC(C)(C)C(=O)O[C@H]1[C@H]2[C@@H](OC[C@H]1OC(=O)C(C)(C)C)OC(=O)N2C(=O)C[C@@H](c1ccccc1)C(C)(C)C. The first-order chi connectivity index (χ1) is 17.4. The van der Waals surface area contributed by atoms with Gasteiger partial charge in [-0.25, -0.2) is 9.69 Å². The van der Waals surface area contributed by atoms with E-state index in [4.69, 9.17) is 18.9 Å². The molecule has 0 aliphatic carbocycles. The monoisotopic (exact) mass is 531 g/mol. The van der Waals surface area contributed by atoms with Crippen molar-refractivity contribution in [1.29, 1.82) is 0 Å². The molecular weight excluding hydrogens is 490 g/mol. The van der Waals surface area contributed by atoms with E-state index in [0.717, 1.165) is 10.5 Å². The van der Waals surface area contributed by atoms with E-state index in [1.807, 2.05) is 51.1 Å². The van der Waals surface area contributed by atoms with Crippen molar-refractivity contribution in [2.24, 2.45) is 16.2 Å².